The average molecular weight is 274 g/mol. The topological polar surface area (TPSA) is 42.0 Å². The molecule has 2 aromatic rings. The van der Waals surface area contributed by atoms with Gasteiger partial charge in [-0.1, -0.05) is 6.07 Å². The van der Waals surface area contributed by atoms with E-state index in [2.05, 4.69) is 16.4 Å². The number of anilines is 1. The molecule has 0 atom stereocenters. The Morgan fingerprint density at radius 3 is 2.47 bits per heavy atom. The zero-order valence-electron chi connectivity index (χ0n) is 11.5. The maximum absolute atomic E-state index is 11.9. The maximum Gasteiger partial charge on any atom is 0.224 e. The van der Waals surface area contributed by atoms with Crippen LogP contribution in [-0.2, 0) is 11.2 Å². The molecule has 0 aliphatic carbocycles. The highest BCUT2D eigenvalue weighted by atomic mass is 32.1. The first-order valence-electron chi connectivity index (χ1n) is 6.32. The number of aromatic nitrogens is 1. The van der Waals surface area contributed by atoms with E-state index >= 15 is 0 Å². The molecule has 0 spiro atoms. The SMILES string of the molecule is Cc1cc(C)cc(NC(=O)CCc2csc(C)n2)c1. The Morgan fingerprint density at radius 2 is 1.89 bits per heavy atom. The van der Waals surface area contributed by atoms with Crippen LogP contribution in [0.4, 0.5) is 5.69 Å². The predicted octanol–water partition coefficient (Wildman–Crippen LogP) is 3.64. The third-order valence-corrected chi connectivity index (χ3v) is 3.60. The van der Waals surface area contributed by atoms with Gasteiger partial charge in [0.15, 0.2) is 0 Å². The quantitative estimate of drug-likeness (QED) is 0.925. The number of aryl methyl sites for hydroxylation is 4. The van der Waals surface area contributed by atoms with Crippen LogP contribution in [-0.4, -0.2) is 10.9 Å². The molecular weight excluding hydrogens is 256 g/mol. The van der Waals surface area contributed by atoms with E-state index in [4.69, 9.17) is 0 Å². The van der Waals surface area contributed by atoms with Gasteiger partial charge >= 0.3 is 0 Å². The summed E-state index contributed by atoms with van der Waals surface area (Å²) in [5.41, 5.74) is 4.19. The van der Waals surface area contributed by atoms with Gasteiger partial charge in [-0.25, -0.2) is 4.98 Å². The number of amides is 1. The first-order chi connectivity index (χ1) is 9.02. The summed E-state index contributed by atoms with van der Waals surface area (Å²) in [5.74, 6) is 0.0376. The van der Waals surface area contributed by atoms with E-state index < -0.39 is 0 Å². The highest BCUT2D eigenvalue weighted by molar-refractivity contribution is 7.09. The smallest absolute Gasteiger partial charge is 0.224 e. The third kappa shape index (κ3) is 4.17. The molecule has 1 amide bonds. The molecule has 0 aliphatic heterocycles. The van der Waals surface area contributed by atoms with Crippen molar-refractivity contribution in [1.29, 1.82) is 0 Å². The summed E-state index contributed by atoms with van der Waals surface area (Å²) in [6, 6.07) is 6.06. The van der Waals surface area contributed by atoms with Crippen molar-refractivity contribution < 1.29 is 4.79 Å². The Kier molecular flexibility index (Phi) is 4.32. The van der Waals surface area contributed by atoms with Crippen LogP contribution in [0.1, 0.15) is 28.2 Å². The van der Waals surface area contributed by atoms with Crippen LogP contribution in [0.3, 0.4) is 0 Å². The zero-order valence-corrected chi connectivity index (χ0v) is 12.3. The maximum atomic E-state index is 11.9. The Labute approximate surface area is 117 Å². The zero-order chi connectivity index (χ0) is 13.8. The van der Waals surface area contributed by atoms with E-state index in [1.807, 2.05) is 38.3 Å². The predicted molar refractivity (Wildman–Crippen MR) is 79.7 cm³/mol. The highest BCUT2D eigenvalue weighted by Gasteiger charge is 2.06. The number of benzene rings is 1. The molecule has 1 aromatic carbocycles. The van der Waals surface area contributed by atoms with Crippen molar-refractivity contribution in [2.75, 3.05) is 5.32 Å². The van der Waals surface area contributed by atoms with Gasteiger partial charge in [0.25, 0.3) is 0 Å². The first kappa shape index (κ1) is 13.7. The van der Waals surface area contributed by atoms with E-state index in [-0.39, 0.29) is 5.91 Å². The van der Waals surface area contributed by atoms with Crippen LogP contribution in [0.2, 0.25) is 0 Å². The van der Waals surface area contributed by atoms with E-state index in [1.165, 1.54) is 0 Å². The summed E-state index contributed by atoms with van der Waals surface area (Å²) in [4.78, 5) is 16.2. The van der Waals surface area contributed by atoms with Crippen molar-refractivity contribution >= 4 is 22.9 Å². The van der Waals surface area contributed by atoms with Crippen LogP contribution in [0.15, 0.2) is 23.6 Å². The molecule has 3 nitrogen and oxygen atoms in total. The second kappa shape index (κ2) is 5.97. The molecular formula is C15H18N2OS. The monoisotopic (exact) mass is 274 g/mol. The Bertz CT molecular complexity index is 569. The van der Waals surface area contributed by atoms with Crippen LogP contribution >= 0.6 is 11.3 Å². The van der Waals surface area contributed by atoms with Crippen molar-refractivity contribution in [3.63, 3.8) is 0 Å². The summed E-state index contributed by atoms with van der Waals surface area (Å²) < 4.78 is 0. The van der Waals surface area contributed by atoms with E-state index in [0.29, 0.717) is 12.8 Å². The van der Waals surface area contributed by atoms with Gasteiger partial charge in [0.05, 0.1) is 10.7 Å². The molecule has 4 heteroatoms. The average Bonchev–Trinajstić information content (AvgIpc) is 2.71. The fraction of sp³-hybridized carbons (Fsp3) is 0.333. The van der Waals surface area contributed by atoms with E-state index in [1.54, 1.807) is 11.3 Å². The number of thiazole rings is 1. The van der Waals surface area contributed by atoms with Crippen molar-refractivity contribution in [3.05, 3.63) is 45.4 Å². The van der Waals surface area contributed by atoms with Gasteiger partial charge in [0, 0.05) is 17.5 Å². The van der Waals surface area contributed by atoms with Crippen LogP contribution in [0, 0.1) is 20.8 Å². The molecule has 0 saturated carbocycles. The molecule has 1 N–H and O–H groups in total. The molecule has 1 aromatic heterocycles. The lowest BCUT2D eigenvalue weighted by atomic mass is 10.1. The largest absolute Gasteiger partial charge is 0.326 e. The summed E-state index contributed by atoms with van der Waals surface area (Å²) in [6.45, 7) is 6.03. The lowest BCUT2D eigenvalue weighted by Gasteiger charge is -2.07. The number of carbonyl (C=O) groups is 1. The standard InChI is InChI=1S/C15H18N2OS/c1-10-6-11(2)8-14(7-10)17-15(18)5-4-13-9-19-12(3)16-13/h6-9H,4-5H2,1-3H3,(H,17,18). The first-order valence-corrected chi connectivity index (χ1v) is 7.20. The number of hydrogen-bond acceptors (Lipinski definition) is 3. The van der Waals surface area contributed by atoms with Crippen LogP contribution in [0.25, 0.3) is 0 Å². The summed E-state index contributed by atoms with van der Waals surface area (Å²) >= 11 is 1.62. The molecule has 19 heavy (non-hydrogen) atoms. The Morgan fingerprint density at radius 1 is 1.21 bits per heavy atom. The molecule has 0 aliphatic rings. The fourth-order valence-electron chi connectivity index (χ4n) is 2.03. The Balaban J connectivity index is 1.90. The molecule has 0 bridgehead atoms. The Hall–Kier alpha value is -1.68. The second-order valence-corrected chi connectivity index (χ2v) is 5.84. The second-order valence-electron chi connectivity index (χ2n) is 4.78. The molecule has 0 fully saturated rings. The molecule has 1 heterocycles. The van der Waals surface area contributed by atoms with Crippen molar-refractivity contribution in [2.24, 2.45) is 0 Å². The van der Waals surface area contributed by atoms with Gasteiger partial charge in [-0.2, -0.15) is 0 Å². The molecule has 0 unspecified atom stereocenters. The van der Waals surface area contributed by atoms with Crippen LogP contribution < -0.4 is 5.32 Å². The lowest BCUT2D eigenvalue weighted by Crippen LogP contribution is -2.12. The molecule has 0 saturated heterocycles. The number of rotatable bonds is 4. The van der Waals surface area contributed by atoms with Gasteiger partial charge in [0.2, 0.25) is 5.91 Å². The van der Waals surface area contributed by atoms with Gasteiger partial charge < -0.3 is 5.32 Å². The van der Waals surface area contributed by atoms with Gasteiger partial charge in [-0.15, -0.1) is 11.3 Å². The fourth-order valence-corrected chi connectivity index (χ4v) is 2.68. The van der Waals surface area contributed by atoms with Gasteiger partial charge in [-0.05, 0) is 50.5 Å². The summed E-state index contributed by atoms with van der Waals surface area (Å²) in [6.07, 6.45) is 1.16. The van der Waals surface area contributed by atoms with E-state index in [9.17, 15) is 4.79 Å². The van der Waals surface area contributed by atoms with E-state index in [0.717, 1.165) is 27.5 Å². The molecule has 2 rings (SSSR count). The van der Waals surface area contributed by atoms with Crippen LogP contribution in [0.5, 0.6) is 0 Å². The number of carbonyl (C=O) groups excluding carboxylic acids is 1. The normalized spacial score (nSPS) is 10.5. The van der Waals surface area contributed by atoms with Crippen molar-refractivity contribution in [1.82, 2.24) is 4.98 Å². The van der Waals surface area contributed by atoms with Crippen molar-refractivity contribution in [2.45, 2.75) is 33.6 Å². The van der Waals surface area contributed by atoms with Gasteiger partial charge in [0.1, 0.15) is 0 Å². The number of hydrogen-bond donors (Lipinski definition) is 1. The minimum atomic E-state index is 0.0376. The molecule has 100 valence electrons. The minimum absolute atomic E-state index is 0.0376. The lowest BCUT2D eigenvalue weighted by molar-refractivity contribution is -0.116. The van der Waals surface area contributed by atoms with Gasteiger partial charge in [-0.3, -0.25) is 4.79 Å². The number of nitrogens with one attached hydrogen (secondary N) is 1. The third-order valence-electron chi connectivity index (χ3n) is 2.78. The minimum Gasteiger partial charge on any atom is -0.326 e. The molecule has 0 radical (unpaired) electrons. The highest BCUT2D eigenvalue weighted by Crippen LogP contribution is 2.15. The number of nitrogens with zero attached hydrogens (tertiary/aromatic N) is 1. The summed E-state index contributed by atoms with van der Waals surface area (Å²) in [7, 11) is 0. The van der Waals surface area contributed by atoms with Crippen molar-refractivity contribution in [3.8, 4) is 0 Å². The summed E-state index contributed by atoms with van der Waals surface area (Å²) in [5, 5.41) is 6.00.